The highest BCUT2D eigenvalue weighted by Crippen LogP contribution is 2.32. The number of hydrogen-bond donors (Lipinski definition) is 5. The number of fused-ring (bicyclic) bond motifs is 1. The van der Waals surface area contributed by atoms with E-state index in [0.717, 1.165) is 16.2 Å². The van der Waals surface area contributed by atoms with Gasteiger partial charge in [-0.1, -0.05) is 56.7 Å². The van der Waals surface area contributed by atoms with E-state index in [2.05, 4.69) is 36.0 Å². The molecule has 0 aliphatic carbocycles. The van der Waals surface area contributed by atoms with Gasteiger partial charge in [-0.2, -0.15) is 5.10 Å². The Labute approximate surface area is 461 Å². The van der Waals surface area contributed by atoms with Crippen LogP contribution in [0.25, 0.3) is 28.3 Å². The molecular formula is C58H63N13O9. The number of anilines is 1. The maximum absolute atomic E-state index is 14.4. The molecule has 22 nitrogen and oxygen atoms in total. The molecule has 0 unspecified atom stereocenters. The van der Waals surface area contributed by atoms with E-state index in [1.807, 2.05) is 67.7 Å². The second-order valence-corrected chi connectivity index (χ2v) is 19.6. The van der Waals surface area contributed by atoms with E-state index in [-0.39, 0.29) is 81.5 Å². The van der Waals surface area contributed by atoms with E-state index in [9.17, 15) is 33.6 Å². The number of rotatable bonds is 27. The number of ether oxygens (including phenoxy) is 2. The van der Waals surface area contributed by atoms with Crippen LogP contribution < -0.4 is 26.4 Å². The maximum atomic E-state index is 14.4. The van der Waals surface area contributed by atoms with E-state index in [0.29, 0.717) is 82.5 Å². The van der Waals surface area contributed by atoms with E-state index >= 15 is 0 Å². The van der Waals surface area contributed by atoms with Crippen molar-refractivity contribution in [3.05, 3.63) is 151 Å². The lowest BCUT2D eigenvalue weighted by Crippen LogP contribution is -2.45. The summed E-state index contributed by atoms with van der Waals surface area (Å²) in [5, 5.41) is 12.6. The Kier molecular flexibility index (Phi) is 19.2. The molecule has 22 heteroatoms. The molecule has 0 bridgehead atoms. The molecule has 0 radical (unpaired) electrons. The maximum Gasteiger partial charge on any atom is 0.410 e. The molecule has 0 saturated carbocycles. The number of unbranched alkanes of at least 4 members (excludes halogenated alkanes) is 2. The number of aromatic amines is 1. The minimum Gasteiger partial charge on any atom is -0.457 e. The number of hydrogen-bond acceptors (Lipinski definition) is 14. The van der Waals surface area contributed by atoms with Crippen molar-refractivity contribution in [3.8, 4) is 34.1 Å². The van der Waals surface area contributed by atoms with Gasteiger partial charge >= 0.3 is 12.1 Å². The Hall–Kier alpha value is -9.60. The van der Waals surface area contributed by atoms with E-state index in [1.54, 1.807) is 67.2 Å². The van der Waals surface area contributed by atoms with Crippen molar-refractivity contribution in [1.29, 1.82) is 0 Å². The van der Waals surface area contributed by atoms with Crippen molar-refractivity contribution < 1.29 is 43.0 Å². The zero-order valence-electron chi connectivity index (χ0n) is 44.7. The SMILES string of the molecule is Cc1cccc(-c2[nH]c(CN(Cc3ccccc3Oc3ccncc3)C(=O)OCc3ccc(NC(=O)[C@H](CCCNC(N)=O)CC(=O)[C@@H](NC(=O)CCCCCN4C(=O)C=CC4=O)C(C)C)cc3)nc2-c2ccc3ncnn3c2)n1. The van der Waals surface area contributed by atoms with Crippen LogP contribution in [0.2, 0.25) is 0 Å². The van der Waals surface area contributed by atoms with Crippen LogP contribution in [-0.4, -0.2) is 105 Å². The summed E-state index contributed by atoms with van der Waals surface area (Å²) in [6.45, 7) is 5.86. The lowest BCUT2D eigenvalue weighted by molar-refractivity contribution is -0.137. The molecule has 7 aromatic rings. The third-order valence-corrected chi connectivity index (χ3v) is 13.2. The van der Waals surface area contributed by atoms with Crippen molar-refractivity contribution in [2.24, 2.45) is 17.6 Å². The number of benzene rings is 2. The molecule has 6 N–H and O–H groups in total. The third kappa shape index (κ3) is 15.5. The predicted octanol–water partition coefficient (Wildman–Crippen LogP) is 7.60. The monoisotopic (exact) mass is 1090 g/mol. The zero-order chi connectivity index (χ0) is 56.5. The Morgan fingerprint density at radius 1 is 0.838 bits per heavy atom. The van der Waals surface area contributed by atoms with E-state index < -0.39 is 30.0 Å². The number of nitrogens with zero attached hydrogens (tertiary/aromatic N) is 8. The van der Waals surface area contributed by atoms with Crippen LogP contribution in [0.3, 0.4) is 0 Å². The number of amides is 7. The molecule has 8 rings (SSSR count). The minimum absolute atomic E-state index is 0.0164. The summed E-state index contributed by atoms with van der Waals surface area (Å²) in [5.74, 6) is -1.40. The summed E-state index contributed by atoms with van der Waals surface area (Å²) >= 11 is 0. The van der Waals surface area contributed by atoms with Crippen LogP contribution in [0.5, 0.6) is 11.5 Å². The number of urea groups is 1. The number of nitrogens with one attached hydrogen (secondary N) is 4. The summed E-state index contributed by atoms with van der Waals surface area (Å²) in [6, 6.07) is 25.4. The van der Waals surface area contributed by atoms with Crippen LogP contribution in [0.1, 0.15) is 81.4 Å². The average Bonchev–Trinajstić information content (AvgIpc) is 4.25. The number of carbonyl (C=O) groups excluding carboxylic acids is 7. The summed E-state index contributed by atoms with van der Waals surface area (Å²) in [4.78, 5) is 115. The first-order valence-corrected chi connectivity index (χ1v) is 26.4. The number of aryl methyl sites for hydroxylation is 1. The summed E-state index contributed by atoms with van der Waals surface area (Å²) in [7, 11) is 0. The molecular weight excluding hydrogens is 1020 g/mol. The van der Waals surface area contributed by atoms with Crippen molar-refractivity contribution in [3.63, 3.8) is 0 Å². The van der Waals surface area contributed by atoms with Crippen LogP contribution in [0.4, 0.5) is 15.3 Å². The number of aromatic nitrogens is 7. The van der Waals surface area contributed by atoms with Gasteiger partial charge in [0.2, 0.25) is 11.8 Å². The molecule has 6 heterocycles. The van der Waals surface area contributed by atoms with Gasteiger partial charge < -0.3 is 36.1 Å². The molecule has 2 atom stereocenters. The highest BCUT2D eigenvalue weighted by atomic mass is 16.6. The lowest BCUT2D eigenvalue weighted by Gasteiger charge is -2.24. The highest BCUT2D eigenvalue weighted by Gasteiger charge is 2.30. The molecule has 0 fully saturated rings. The van der Waals surface area contributed by atoms with Gasteiger partial charge in [-0.15, -0.1) is 0 Å². The number of imidazole rings is 1. The van der Waals surface area contributed by atoms with Gasteiger partial charge in [0.05, 0.1) is 36.2 Å². The fourth-order valence-corrected chi connectivity index (χ4v) is 9.04. The summed E-state index contributed by atoms with van der Waals surface area (Å²) in [5.41, 5.74) is 11.1. The van der Waals surface area contributed by atoms with Gasteiger partial charge in [0, 0.05) is 85.1 Å². The minimum atomic E-state index is -0.869. The first kappa shape index (κ1) is 56.6. The van der Waals surface area contributed by atoms with Crippen LogP contribution in [-0.2, 0) is 48.4 Å². The Morgan fingerprint density at radius 2 is 1.61 bits per heavy atom. The van der Waals surface area contributed by atoms with Gasteiger partial charge in [0.15, 0.2) is 11.4 Å². The van der Waals surface area contributed by atoms with Crippen LogP contribution >= 0.6 is 0 Å². The molecule has 0 saturated heterocycles. The van der Waals surface area contributed by atoms with E-state index in [4.69, 9.17) is 25.2 Å². The second kappa shape index (κ2) is 27.1. The highest BCUT2D eigenvalue weighted by molar-refractivity contribution is 6.12. The third-order valence-electron chi connectivity index (χ3n) is 13.2. The van der Waals surface area contributed by atoms with Gasteiger partial charge in [-0.25, -0.2) is 24.1 Å². The molecule has 7 amide bonds. The quantitative estimate of drug-likeness (QED) is 0.0245. The predicted molar refractivity (Wildman–Crippen MR) is 295 cm³/mol. The molecule has 1 aliphatic rings. The molecule has 2 aromatic carbocycles. The average molecular weight is 1090 g/mol. The number of imide groups is 1. The summed E-state index contributed by atoms with van der Waals surface area (Å²) < 4.78 is 13.9. The van der Waals surface area contributed by atoms with Gasteiger partial charge in [-0.3, -0.25) is 43.7 Å². The number of nitrogens with two attached hydrogens (primary N) is 1. The molecule has 414 valence electrons. The number of ketones is 1. The normalized spacial score (nSPS) is 12.8. The van der Waals surface area contributed by atoms with Gasteiger partial charge in [0.1, 0.15) is 30.3 Å². The van der Waals surface area contributed by atoms with Crippen molar-refractivity contribution >= 4 is 52.9 Å². The number of H-pyrrole nitrogens is 1. The molecule has 80 heavy (non-hydrogen) atoms. The second-order valence-electron chi connectivity index (χ2n) is 19.6. The number of pyridine rings is 3. The van der Waals surface area contributed by atoms with Crippen molar-refractivity contribution in [2.75, 3.05) is 18.4 Å². The standard InChI is InChI=1S/C58H63N13O9/c1-37(2)53(68-50(73)16-5-4-8-30-70-51(74)23-24-52(70)75)46(72)31-40(13-10-27-61-57(59)77)56(76)65-43-20-17-39(18-21-43)35-79-58(78)69(32-41-12-6-7-15-47(41)80-44-25-28-60-29-26-44)34-48-66-54(42-19-22-49-62-36-63-71(49)33-42)55(67-48)45-14-9-11-38(3)64-45/h6-7,9,11-12,14-15,17-26,28-29,33,36-37,40,53H,4-5,8,10,13,16,27,30-32,34-35H2,1-3H3,(H,65,76)(H,66,67)(H,68,73)(H3,59,61,77)/t40-,53+/m1/s1. The fourth-order valence-electron chi connectivity index (χ4n) is 9.04. The van der Waals surface area contributed by atoms with Gasteiger partial charge in [-0.05, 0) is 98.7 Å². The Balaban J connectivity index is 0.939. The Morgan fingerprint density at radius 3 is 2.36 bits per heavy atom. The van der Waals surface area contributed by atoms with Crippen molar-refractivity contribution in [1.82, 2.24) is 55.0 Å². The van der Waals surface area contributed by atoms with Crippen LogP contribution in [0.15, 0.2) is 128 Å². The number of primary amides is 1. The Bertz CT molecular complexity index is 3340. The first-order chi connectivity index (χ1) is 38.7. The molecule has 0 spiro atoms. The molecule has 1 aliphatic heterocycles. The van der Waals surface area contributed by atoms with Crippen LogP contribution in [0, 0.1) is 18.8 Å². The fraction of sp³-hybridized carbons (Fsp3) is 0.310. The van der Waals surface area contributed by atoms with Gasteiger partial charge in [0.25, 0.3) is 11.8 Å². The lowest BCUT2D eigenvalue weighted by atomic mass is 9.89. The largest absolute Gasteiger partial charge is 0.457 e. The summed E-state index contributed by atoms with van der Waals surface area (Å²) in [6.07, 6.45) is 10.5. The van der Waals surface area contributed by atoms with E-state index in [1.165, 1.54) is 23.4 Å². The van der Waals surface area contributed by atoms with Crippen molar-refractivity contribution in [2.45, 2.75) is 91.5 Å². The topological polar surface area (TPSA) is 291 Å². The smallest absolute Gasteiger partial charge is 0.410 e. The number of para-hydroxylation sites is 1. The molecule has 5 aromatic heterocycles. The first-order valence-electron chi connectivity index (χ1n) is 26.4. The number of Topliss-reactive ketones (excluding diaryl/α,β-unsaturated/α-hetero) is 1. The zero-order valence-corrected chi connectivity index (χ0v) is 44.7. The number of carbonyl (C=O) groups is 7.